The molecule has 1 aliphatic rings. The van der Waals surface area contributed by atoms with Crippen molar-refractivity contribution in [1.82, 2.24) is 10.2 Å². The minimum absolute atomic E-state index is 0.0756. The number of rotatable bonds is 3. The number of amides is 1. The molecule has 1 aliphatic heterocycles. The first-order chi connectivity index (χ1) is 11.4. The van der Waals surface area contributed by atoms with Crippen LogP contribution in [0.2, 0.25) is 0 Å². The molecular weight excluding hydrogens is 324 g/mol. The summed E-state index contributed by atoms with van der Waals surface area (Å²) in [5.74, 6) is -0.0205. The van der Waals surface area contributed by atoms with E-state index in [4.69, 9.17) is 17.0 Å². The minimum Gasteiger partial charge on any atom is -0.469 e. The number of methoxy groups -OCH3 is 1. The highest BCUT2D eigenvalue weighted by Gasteiger charge is 2.27. The van der Waals surface area contributed by atoms with Crippen LogP contribution in [0.4, 0.5) is 0 Å². The molecule has 2 rings (SSSR count). The summed E-state index contributed by atoms with van der Waals surface area (Å²) in [4.78, 5) is 25.8. The highest BCUT2D eigenvalue weighted by atomic mass is 32.1. The monoisotopic (exact) mass is 348 g/mol. The fraction of sp³-hybridized carbons (Fsp3) is 0.500. The minimum atomic E-state index is -0.203. The van der Waals surface area contributed by atoms with Crippen molar-refractivity contribution in [2.24, 2.45) is 5.92 Å². The fourth-order valence-electron chi connectivity index (χ4n) is 2.75. The zero-order chi connectivity index (χ0) is 17.7. The van der Waals surface area contributed by atoms with Gasteiger partial charge in [0.25, 0.3) is 5.91 Å². The molecule has 6 heteroatoms. The summed E-state index contributed by atoms with van der Waals surface area (Å²) in [6, 6.07) is 7.56. The van der Waals surface area contributed by atoms with E-state index in [2.05, 4.69) is 19.2 Å². The van der Waals surface area contributed by atoms with Crippen molar-refractivity contribution in [3.63, 3.8) is 0 Å². The SMILES string of the molecule is COC(=O)C1CCN(C(=S)NC(=O)c2ccc(C(C)C)cc2)CC1. The van der Waals surface area contributed by atoms with Crippen molar-refractivity contribution in [2.75, 3.05) is 20.2 Å². The van der Waals surface area contributed by atoms with Crippen molar-refractivity contribution in [3.05, 3.63) is 35.4 Å². The molecule has 1 fully saturated rings. The molecule has 1 aromatic rings. The number of hydrogen-bond acceptors (Lipinski definition) is 4. The lowest BCUT2D eigenvalue weighted by atomic mass is 9.97. The Morgan fingerprint density at radius 3 is 2.29 bits per heavy atom. The molecule has 0 radical (unpaired) electrons. The van der Waals surface area contributed by atoms with Crippen LogP contribution in [0.1, 0.15) is 48.5 Å². The lowest BCUT2D eigenvalue weighted by molar-refractivity contribution is -0.146. The second-order valence-corrected chi connectivity index (χ2v) is 6.71. The summed E-state index contributed by atoms with van der Waals surface area (Å²) in [6.45, 7) is 5.51. The molecule has 0 atom stereocenters. The summed E-state index contributed by atoms with van der Waals surface area (Å²) in [7, 11) is 1.41. The van der Waals surface area contributed by atoms with E-state index in [1.807, 2.05) is 29.2 Å². The number of benzene rings is 1. The molecule has 0 saturated carbocycles. The Bertz CT molecular complexity index is 605. The molecule has 24 heavy (non-hydrogen) atoms. The molecule has 130 valence electrons. The molecule has 1 heterocycles. The highest BCUT2D eigenvalue weighted by Crippen LogP contribution is 2.19. The number of likely N-dealkylation sites (tertiary alicyclic amines) is 1. The third kappa shape index (κ3) is 4.54. The summed E-state index contributed by atoms with van der Waals surface area (Å²) >= 11 is 5.33. The number of nitrogens with one attached hydrogen (secondary N) is 1. The summed E-state index contributed by atoms with van der Waals surface area (Å²) in [6.07, 6.45) is 1.37. The Morgan fingerprint density at radius 2 is 1.79 bits per heavy atom. The normalized spacial score (nSPS) is 15.2. The molecule has 0 bridgehead atoms. The number of carbonyl (C=O) groups excluding carboxylic acids is 2. The van der Waals surface area contributed by atoms with E-state index in [-0.39, 0.29) is 17.8 Å². The number of carbonyl (C=O) groups is 2. The van der Waals surface area contributed by atoms with Gasteiger partial charge in [-0.15, -0.1) is 0 Å². The second-order valence-electron chi connectivity index (χ2n) is 6.32. The summed E-state index contributed by atoms with van der Waals surface area (Å²) in [5, 5.41) is 3.19. The number of hydrogen-bond donors (Lipinski definition) is 1. The average Bonchev–Trinajstić information content (AvgIpc) is 2.61. The third-order valence-electron chi connectivity index (χ3n) is 4.38. The van der Waals surface area contributed by atoms with Gasteiger partial charge >= 0.3 is 5.97 Å². The van der Waals surface area contributed by atoms with Crippen molar-refractivity contribution >= 4 is 29.2 Å². The van der Waals surface area contributed by atoms with Gasteiger partial charge < -0.3 is 9.64 Å². The zero-order valence-corrected chi connectivity index (χ0v) is 15.2. The van der Waals surface area contributed by atoms with Gasteiger partial charge in [-0.25, -0.2) is 0 Å². The molecular formula is C18H24N2O3S. The van der Waals surface area contributed by atoms with Crippen LogP contribution in [-0.2, 0) is 9.53 Å². The van der Waals surface area contributed by atoms with E-state index in [1.54, 1.807) is 0 Å². The van der Waals surface area contributed by atoms with Gasteiger partial charge in [-0.05, 0) is 48.7 Å². The van der Waals surface area contributed by atoms with Gasteiger partial charge in [0, 0.05) is 18.7 Å². The summed E-state index contributed by atoms with van der Waals surface area (Å²) in [5.41, 5.74) is 1.78. The maximum absolute atomic E-state index is 12.3. The number of nitrogens with zero attached hydrogens (tertiary/aromatic N) is 1. The molecule has 0 aliphatic carbocycles. The molecule has 0 spiro atoms. The predicted octanol–water partition coefficient (Wildman–Crippen LogP) is 2.71. The molecule has 5 nitrogen and oxygen atoms in total. The standard InChI is InChI=1S/C18H24N2O3S/c1-12(2)13-4-6-14(7-5-13)16(21)19-18(24)20-10-8-15(9-11-20)17(22)23-3/h4-7,12,15H,8-11H2,1-3H3,(H,19,21,24). The zero-order valence-electron chi connectivity index (χ0n) is 14.4. The van der Waals surface area contributed by atoms with E-state index in [0.717, 1.165) is 0 Å². The van der Waals surface area contributed by atoms with Crippen LogP contribution in [0.25, 0.3) is 0 Å². The van der Waals surface area contributed by atoms with E-state index < -0.39 is 0 Å². The van der Waals surface area contributed by atoms with Gasteiger partial charge in [0.2, 0.25) is 0 Å². The maximum atomic E-state index is 12.3. The Hall–Kier alpha value is -1.95. The first-order valence-electron chi connectivity index (χ1n) is 8.20. The van der Waals surface area contributed by atoms with Crippen molar-refractivity contribution in [1.29, 1.82) is 0 Å². The fourth-order valence-corrected chi connectivity index (χ4v) is 3.03. The Morgan fingerprint density at radius 1 is 1.21 bits per heavy atom. The lowest BCUT2D eigenvalue weighted by Gasteiger charge is -2.32. The predicted molar refractivity (Wildman–Crippen MR) is 96.9 cm³/mol. The second kappa shape index (κ2) is 8.24. The quantitative estimate of drug-likeness (QED) is 0.672. The van der Waals surface area contributed by atoms with Crippen LogP contribution in [0.15, 0.2) is 24.3 Å². The molecule has 1 saturated heterocycles. The number of thiocarbonyl (C=S) groups is 1. The average molecular weight is 348 g/mol. The molecule has 1 amide bonds. The smallest absolute Gasteiger partial charge is 0.308 e. The van der Waals surface area contributed by atoms with Gasteiger partial charge in [0.05, 0.1) is 13.0 Å². The Kier molecular flexibility index (Phi) is 6.31. The van der Waals surface area contributed by atoms with E-state index in [1.165, 1.54) is 12.7 Å². The van der Waals surface area contributed by atoms with Crippen LogP contribution in [0.5, 0.6) is 0 Å². The third-order valence-corrected chi connectivity index (χ3v) is 4.74. The van der Waals surface area contributed by atoms with Gasteiger partial charge in [0.15, 0.2) is 5.11 Å². The number of piperidine rings is 1. The summed E-state index contributed by atoms with van der Waals surface area (Å²) < 4.78 is 4.77. The molecule has 0 unspecified atom stereocenters. The van der Waals surface area contributed by atoms with E-state index in [0.29, 0.717) is 42.5 Å². The maximum Gasteiger partial charge on any atom is 0.308 e. The lowest BCUT2D eigenvalue weighted by Crippen LogP contribution is -2.47. The van der Waals surface area contributed by atoms with Crippen molar-refractivity contribution in [2.45, 2.75) is 32.6 Å². The van der Waals surface area contributed by atoms with Crippen LogP contribution in [-0.4, -0.2) is 42.1 Å². The van der Waals surface area contributed by atoms with Crippen LogP contribution in [0, 0.1) is 5.92 Å². The molecule has 1 N–H and O–H groups in total. The first-order valence-corrected chi connectivity index (χ1v) is 8.61. The van der Waals surface area contributed by atoms with Gasteiger partial charge in [-0.2, -0.15) is 0 Å². The van der Waals surface area contributed by atoms with Gasteiger partial charge in [-0.3, -0.25) is 14.9 Å². The Labute approximate surface area is 148 Å². The van der Waals surface area contributed by atoms with Crippen LogP contribution in [0.3, 0.4) is 0 Å². The largest absolute Gasteiger partial charge is 0.469 e. The van der Waals surface area contributed by atoms with Crippen LogP contribution < -0.4 is 5.32 Å². The topological polar surface area (TPSA) is 58.6 Å². The van der Waals surface area contributed by atoms with Gasteiger partial charge in [0.1, 0.15) is 0 Å². The van der Waals surface area contributed by atoms with Crippen molar-refractivity contribution in [3.8, 4) is 0 Å². The number of esters is 1. The Balaban J connectivity index is 1.88. The first kappa shape index (κ1) is 18.4. The number of ether oxygens (including phenoxy) is 1. The van der Waals surface area contributed by atoms with Crippen LogP contribution >= 0.6 is 12.2 Å². The van der Waals surface area contributed by atoms with E-state index >= 15 is 0 Å². The van der Waals surface area contributed by atoms with E-state index in [9.17, 15) is 9.59 Å². The molecule has 1 aromatic carbocycles. The molecule has 0 aromatic heterocycles. The van der Waals surface area contributed by atoms with Crippen molar-refractivity contribution < 1.29 is 14.3 Å². The highest BCUT2D eigenvalue weighted by molar-refractivity contribution is 7.80. The van der Waals surface area contributed by atoms with Gasteiger partial charge in [-0.1, -0.05) is 26.0 Å².